The zero-order chi connectivity index (χ0) is 16.4. The van der Waals surface area contributed by atoms with E-state index in [-0.39, 0.29) is 0 Å². The molecule has 0 radical (unpaired) electrons. The highest BCUT2D eigenvalue weighted by Crippen LogP contribution is 2.23. The van der Waals surface area contributed by atoms with E-state index in [1.807, 2.05) is 54.7 Å². The molecule has 0 N–H and O–H groups in total. The maximum Gasteiger partial charge on any atom is 0.0644 e. The topological polar surface area (TPSA) is 17.3 Å². The van der Waals surface area contributed by atoms with Gasteiger partial charge in [0.05, 0.1) is 5.69 Å². The van der Waals surface area contributed by atoms with Crippen molar-refractivity contribution < 1.29 is 0 Å². The van der Waals surface area contributed by atoms with Crippen LogP contribution in [0.1, 0.15) is 17.0 Å². The van der Waals surface area contributed by atoms with E-state index >= 15 is 0 Å². The molecular weight excluding hydrogens is 327 g/mol. The maximum absolute atomic E-state index is 6.11. The highest BCUT2D eigenvalue weighted by atomic mass is 35.5. The largest absolute Gasteiger partial charge is 0.318 e. The van der Waals surface area contributed by atoms with Crippen LogP contribution in [-0.2, 0) is 0 Å². The molecule has 2 nitrogen and oxygen atoms in total. The molecule has 0 fully saturated rings. The SMILES string of the molecule is Cc1cc(C=Nc2cccc(Cl)c2)c(C)n1-c1cccc(Cl)c1. The summed E-state index contributed by atoms with van der Waals surface area (Å²) in [5.74, 6) is 0. The summed E-state index contributed by atoms with van der Waals surface area (Å²) in [6.45, 7) is 4.15. The molecule has 4 heteroatoms. The zero-order valence-electron chi connectivity index (χ0n) is 12.9. The normalized spacial score (nSPS) is 11.3. The molecule has 0 atom stereocenters. The van der Waals surface area contributed by atoms with Crippen LogP contribution in [0.3, 0.4) is 0 Å². The van der Waals surface area contributed by atoms with Crippen LogP contribution in [0, 0.1) is 13.8 Å². The van der Waals surface area contributed by atoms with Crippen LogP contribution in [-0.4, -0.2) is 10.8 Å². The van der Waals surface area contributed by atoms with E-state index in [1.54, 1.807) is 0 Å². The summed E-state index contributed by atoms with van der Waals surface area (Å²) in [4.78, 5) is 4.51. The third-order valence-corrected chi connectivity index (χ3v) is 4.17. The average molecular weight is 343 g/mol. The Labute approximate surface area is 146 Å². The predicted octanol–water partition coefficient (Wildman–Crippen LogP) is 6.15. The Morgan fingerprint density at radius 3 is 2.30 bits per heavy atom. The molecule has 3 aromatic rings. The first-order chi connectivity index (χ1) is 11.0. The van der Waals surface area contributed by atoms with Gasteiger partial charge in [-0.25, -0.2) is 0 Å². The highest BCUT2D eigenvalue weighted by molar-refractivity contribution is 6.31. The molecule has 2 aromatic carbocycles. The highest BCUT2D eigenvalue weighted by Gasteiger charge is 2.09. The van der Waals surface area contributed by atoms with Gasteiger partial charge in [0.15, 0.2) is 0 Å². The van der Waals surface area contributed by atoms with E-state index in [2.05, 4.69) is 29.5 Å². The summed E-state index contributed by atoms with van der Waals surface area (Å²) < 4.78 is 2.17. The van der Waals surface area contributed by atoms with Crippen LogP contribution in [0.4, 0.5) is 5.69 Å². The van der Waals surface area contributed by atoms with Crippen molar-refractivity contribution in [2.75, 3.05) is 0 Å². The summed E-state index contributed by atoms with van der Waals surface area (Å²) in [6.07, 6.45) is 1.87. The van der Waals surface area contributed by atoms with Gasteiger partial charge in [-0.15, -0.1) is 0 Å². The quantitative estimate of drug-likeness (QED) is 0.507. The second-order valence-electron chi connectivity index (χ2n) is 5.38. The minimum absolute atomic E-state index is 0.684. The first-order valence-electron chi connectivity index (χ1n) is 7.29. The number of nitrogens with zero attached hydrogens (tertiary/aromatic N) is 2. The molecule has 0 unspecified atom stereocenters. The van der Waals surface area contributed by atoms with Gasteiger partial charge in [0.2, 0.25) is 0 Å². The van der Waals surface area contributed by atoms with Gasteiger partial charge in [0.25, 0.3) is 0 Å². The number of rotatable bonds is 3. The van der Waals surface area contributed by atoms with Crippen molar-refractivity contribution in [1.29, 1.82) is 0 Å². The minimum atomic E-state index is 0.684. The van der Waals surface area contributed by atoms with Gasteiger partial charge < -0.3 is 4.57 Å². The number of halogens is 2. The van der Waals surface area contributed by atoms with Crippen molar-refractivity contribution in [1.82, 2.24) is 4.57 Å². The molecule has 3 rings (SSSR count). The molecule has 1 heterocycles. The van der Waals surface area contributed by atoms with Crippen molar-refractivity contribution in [3.05, 3.63) is 81.6 Å². The van der Waals surface area contributed by atoms with Crippen molar-refractivity contribution in [2.45, 2.75) is 13.8 Å². The number of hydrogen-bond donors (Lipinski definition) is 0. The lowest BCUT2D eigenvalue weighted by molar-refractivity contribution is 0.965. The lowest BCUT2D eigenvalue weighted by Crippen LogP contribution is -1.99. The first kappa shape index (κ1) is 15.9. The van der Waals surface area contributed by atoms with E-state index in [0.717, 1.165) is 33.3 Å². The van der Waals surface area contributed by atoms with Crippen LogP contribution < -0.4 is 0 Å². The molecule has 23 heavy (non-hydrogen) atoms. The fourth-order valence-electron chi connectivity index (χ4n) is 2.63. The minimum Gasteiger partial charge on any atom is -0.318 e. The van der Waals surface area contributed by atoms with E-state index in [1.165, 1.54) is 0 Å². The second kappa shape index (κ2) is 6.61. The van der Waals surface area contributed by atoms with Crippen LogP contribution in [0.5, 0.6) is 0 Å². The zero-order valence-corrected chi connectivity index (χ0v) is 14.4. The Balaban J connectivity index is 1.98. The first-order valence-corrected chi connectivity index (χ1v) is 8.05. The van der Waals surface area contributed by atoms with Crippen LogP contribution >= 0.6 is 23.2 Å². The number of aliphatic imine (C=N–C) groups is 1. The molecule has 0 aliphatic carbocycles. The van der Waals surface area contributed by atoms with E-state index in [0.29, 0.717) is 5.02 Å². The van der Waals surface area contributed by atoms with Crippen molar-refractivity contribution in [3.63, 3.8) is 0 Å². The molecule has 0 saturated heterocycles. The monoisotopic (exact) mass is 342 g/mol. The molecule has 0 bridgehead atoms. The number of hydrogen-bond acceptors (Lipinski definition) is 1. The van der Waals surface area contributed by atoms with Crippen molar-refractivity contribution >= 4 is 35.1 Å². The van der Waals surface area contributed by atoms with E-state index in [4.69, 9.17) is 23.2 Å². The Morgan fingerprint density at radius 1 is 0.913 bits per heavy atom. The average Bonchev–Trinajstić information content (AvgIpc) is 2.79. The second-order valence-corrected chi connectivity index (χ2v) is 6.25. The molecule has 1 aromatic heterocycles. The molecule has 0 amide bonds. The molecule has 0 spiro atoms. The number of aryl methyl sites for hydroxylation is 1. The molecule has 0 aliphatic heterocycles. The Morgan fingerprint density at radius 2 is 1.61 bits per heavy atom. The van der Waals surface area contributed by atoms with Gasteiger partial charge in [0, 0.05) is 38.9 Å². The van der Waals surface area contributed by atoms with Crippen molar-refractivity contribution in [2.24, 2.45) is 4.99 Å². The van der Waals surface area contributed by atoms with Gasteiger partial charge >= 0.3 is 0 Å². The van der Waals surface area contributed by atoms with E-state index < -0.39 is 0 Å². The molecular formula is C19H16Cl2N2. The fourth-order valence-corrected chi connectivity index (χ4v) is 3.00. The predicted molar refractivity (Wildman–Crippen MR) is 99.0 cm³/mol. The summed E-state index contributed by atoms with van der Waals surface area (Å²) >= 11 is 12.1. The molecule has 0 aliphatic rings. The lowest BCUT2D eigenvalue weighted by Gasteiger charge is -2.09. The van der Waals surface area contributed by atoms with Crippen LogP contribution in [0.2, 0.25) is 10.0 Å². The van der Waals surface area contributed by atoms with Crippen LogP contribution in [0.25, 0.3) is 5.69 Å². The number of benzene rings is 2. The lowest BCUT2D eigenvalue weighted by atomic mass is 10.2. The third-order valence-electron chi connectivity index (χ3n) is 3.70. The summed E-state index contributed by atoms with van der Waals surface area (Å²) in [6, 6.07) is 17.5. The van der Waals surface area contributed by atoms with Crippen molar-refractivity contribution in [3.8, 4) is 5.69 Å². The van der Waals surface area contributed by atoms with Gasteiger partial charge in [-0.2, -0.15) is 0 Å². The summed E-state index contributed by atoms with van der Waals surface area (Å²) in [5.41, 5.74) is 5.22. The summed E-state index contributed by atoms with van der Waals surface area (Å²) in [5, 5.41) is 1.41. The number of aromatic nitrogens is 1. The fraction of sp³-hybridized carbons (Fsp3) is 0.105. The maximum atomic E-state index is 6.11. The van der Waals surface area contributed by atoms with Gasteiger partial charge in [-0.3, -0.25) is 4.99 Å². The summed E-state index contributed by atoms with van der Waals surface area (Å²) in [7, 11) is 0. The Kier molecular flexibility index (Phi) is 4.56. The Hall–Kier alpha value is -2.03. The van der Waals surface area contributed by atoms with Gasteiger partial charge in [-0.1, -0.05) is 35.3 Å². The standard InChI is InChI=1S/C19H16Cl2N2/c1-13-9-15(12-22-18-7-3-5-16(20)10-18)14(2)23(13)19-8-4-6-17(21)11-19/h3-12H,1-2H3. The van der Waals surface area contributed by atoms with Crippen LogP contribution in [0.15, 0.2) is 59.6 Å². The molecule has 0 saturated carbocycles. The Bertz CT molecular complexity index is 879. The van der Waals surface area contributed by atoms with E-state index in [9.17, 15) is 0 Å². The molecule has 116 valence electrons. The smallest absolute Gasteiger partial charge is 0.0644 e. The third kappa shape index (κ3) is 3.49. The van der Waals surface area contributed by atoms with Gasteiger partial charge in [-0.05, 0) is 56.3 Å². The van der Waals surface area contributed by atoms with Gasteiger partial charge in [0.1, 0.15) is 0 Å².